The van der Waals surface area contributed by atoms with Crippen molar-refractivity contribution in [3.63, 3.8) is 0 Å². The van der Waals surface area contributed by atoms with Crippen LogP contribution in [0.2, 0.25) is 0 Å². The first-order chi connectivity index (χ1) is 10.3. The van der Waals surface area contributed by atoms with Gasteiger partial charge in [0, 0.05) is 17.7 Å². The first kappa shape index (κ1) is 16.4. The zero-order valence-electron chi connectivity index (χ0n) is 12.9. The number of carbonyl (C=O) groups is 1. The average molecular weight is 368 g/mol. The van der Waals surface area contributed by atoms with E-state index in [2.05, 4.69) is 36.5 Å². The van der Waals surface area contributed by atoms with E-state index in [0.717, 1.165) is 10.2 Å². The number of nitrogens with zero attached hydrogens (tertiary/aromatic N) is 4. The number of hydrogen-bond acceptors (Lipinski definition) is 5. The van der Waals surface area contributed by atoms with Crippen LogP contribution in [0.25, 0.3) is 11.4 Å². The van der Waals surface area contributed by atoms with Gasteiger partial charge < -0.3 is 10.1 Å². The number of aryl methyl sites for hydroxylation is 1. The molecule has 1 N–H and O–H groups in total. The number of amides is 1. The van der Waals surface area contributed by atoms with Crippen LogP contribution in [-0.2, 0) is 18.3 Å². The zero-order valence-corrected chi connectivity index (χ0v) is 14.5. The maximum absolute atomic E-state index is 11.8. The van der Waals surface area contributed by atoms with E-state index in [9.17, 15) is 4.79 Å². The summed E-state index contributed by atoms with van der Waals surface area (Å²) in [5, 5.41) is 10.8. The van der Waals surface area contributed by atoms with Gasteiger partial charge in [-0.25, -0.2) is 9.48 Å². The van der Waals surface area contributed by atoms with Crippen molar-refractivity contribution in [1.29, 1.82) is 0 Å². The molecule has 0 radical (unpaired) electrons. The van der Waals surface area contributed by atoms with Crippen molar-refractivity contribution in [2.24, 2.45) is 7.05 Å². The van der Waals surface area contributed by atoms with Crippen molar-refractivity contribution >= 4 is 22.0 Å². The lowest BCUT2D eigenvalue weighted by Gasteiger charge is -2.19. The predicted octanol–water partition coefficient (Wildman–Crippen LogP) is 2.66. The minimum atomic E-state index is -0.537. The topological polar surface area (TPSA) is 81.9 Å². The van der Waals surface area contributed by atoms with Gasteiger partial charge in [-0.2, -0.15) is 0 Å². The molecule has 0 fully saturated rings. The van der Waals surface area contributed by atoms with E-state index >= 15 is 0 Å². The minimum absolute atomic E-state index is 0.255. The molecule has 7 nitrogen and oxygen atoms in total. The van der Waals surface area contributed by atoms with Crippen LogP contribution in [-0.4, -0.2) is 31.7 Å². The van der Waals surface area contributed by atoms with Crippen molar-refractivity contribution in [2.75, 3.05) is 0 Å². The monoisotopic (exact) mass is 367 g/mol. The fourth-order valence-electron chi connectivity index (χ4n) is 1.76. The van der Waals surface area contributed by atoms with E-state index in [4.69, 9.17) is 4.74 Å². The number of carbonyl (C=O) groups excluding carboxylic acids is 1. The van der Waals surface area contributed by atoms with Gasteiger partial charge in [0.25, 0.3) is 0 Å². The largest absolute Gasteiger partial charge is 0.444 e. The van der Waals surface area contributed by atoms with Crippen LogP contribution in [0.4, 0.5) is 4.79 Å². The highest BCUT2D eigenvalue weighted by atomic mass is 79.9. The van der Waals surface area contributed by atoms with E-state index in [1.165, 1.54) is 0 Å². The van der Waals surface area contributed by atoms with Gasteiger partial charge >= 0.3 is 6.09 Å². The molecule has 0 aromatic carbocycles. The Morgan fingerprint density at radius 1 is 1.41 bits per heavy atom. The average Bonchev–Trinajstić information content (AvgIpc) is 2.77. The third-order valence-electron chi connectivity index (χ3n) is 2.71. The van der Waals surface area contributed by atoms with Gasteiger partial charge in [0.05, 0.1) is 17.9 Å². The molecule has 2 rings (SSSR count). The van der Waals surface area contributed by atoms with Crippen molar-refractivity contribution in [2.45, 2.75) is 32.9 Å². The third kappa shape index (κ3) is 4.27. The highest BCUT2D eigenvalue weighted by Gasteiger charge is 2.18. The number of nitrogens with one attached hydrogen (secondary N) is 1. The molecule has 2 aromatic heterocycles. The van der Waals surface area contributed by atoms with Crippen LogP contribution in [0.15, 0.2) is 22.8 Å². The van der Waals surface area contributed by atoms with Crippen LogP contribution < -0.4 is 5.32 Å². The van der Waals surface area contributed by atoms with Gasteiger partial charge in [0.15, 0.2) is 0 Å². The molecule has 1 amide bonds. The molecule has 2 aromatic rings. The van der Waals surface area contributed by atoms with Gasteiger partial charge in [-0.1, -0.05) is 5.21 Å². The Bertz CT molecular complexity index is 661. The van der Waals surface area contributed by atoms with Crippen LogP contribution in [0.3, 0.4) is 0 Å². The molecule has 118 valence electrons. The summed E-state index contributed by atoms with van der Waals surface area (Å²) in [4.78, 5) is 16.1. The standard InChI is InChI=1S/C14H18BrN5O2/c1-14(2,3)22-13(21)17-8-11-12(18-19-20(11)4)10-6-5-9(15)7-16-10/h5-7H,8H2,1-4H3,(H,17,21). The van der Waals surface area contributed by atoms with Crippen LogP contribution >= 0.6 is 15.9 Å². The summed E-state index contributed by atoms with van der Waals surface area (Å²) < 4.78 is 7.71. The van der Waals surface area contributed by atoms with E-state index in [-0.39, 0.29) is 6.54 Å². The second-order valence-electron chi connectivity index (χ2n) is 5.73. The van der Waals surface area contributed by atoms with E-state index in [1.807, 2.05) is 32.9 Å². The Morgan fingerprint density at radius 3 is 2.73 bits per heavy atom. The molecule has 0 spiro atoms. The summed E-state index contributed by atoms with van der Waals surface area (Å²) in [5.74, 6) is 0. The fraction of sp³-hybridized carbons (Fsp3) is 0.429. The van der Waals surface area contributed by atoms with Gasteiger partial charge in [-0.3, -0.25) is 4.98 Å². The Balaban J connectivity index is 2.13. The Hall–Kier alpha value is -1.96. The highest BCUT2D eigenvalue weighted by Crippen LogP contribution is 2.20. The summed E-state index contributed by atoms with van der Waals surface area (Å²) in [6.45, 7) is 5.70. The zero-order chi connectivity index (χ0) is 16.3. The molecule has 0 aliphatic heterocycles. The van der Waals surface area contributed by atoms with Gasteiger partial charge in [-0.05, 0) is 48.8 Å². The van der Waals surface area contributed by atoms with Crippen LogP contribution in [0.5, 0.6) is 0 Å². The number of hydrogen-bond donors (Lipinski definition) is 1. The number of pyridine rings is 1. The van der Waals surface area contributed by atoms with E-state index < -0.39 is 11.7 Å². The maximum atomic E-state index is 11.8. The summed E-state index contributed by atoms with van der Waals surface area (Å²) in [7, 11) is 1.77. The molecule has 0 saturated heterocycles. The first-order valence-corrected chi connectivity index (χ1v) is 7.53. The van der Waals surface area contributed by atoms with Crippen LogP contribution in [0.1, 0.15) is 26.5 Å². The lowest BCUT2D eigenvalue weighted by atomic mass is 10.2. The summed E-state index contributed by atoms with van der Waals surface area (Å²) in [6.07, 6.45) is 1.21. The van der Waals surface area contributed by atoms with Gasteiger partial charge in [0.2, 0.25) is 0 Å². The van der Waals surface area contributed by atoms with Gasteiger partial charge in [0.1, 0.15) is 11.3 Å². The van der Waals surface area contributed by atoms with Crippen molar-refractivity contribution in [1.82, 2.24) is 25.3 Å². The molecule has 0 unspecified atom stereocenters. The molecule has 0 aliphatic rings. The summed E-state index contributed by atoms with van der Waals surface area (Å²) in [5.41, 5.74) is 1.54. The number of aromatic nitrogens is 4. The molecule has 22 heavy (non-hydrogen) atoms. The Labute approximate surface area is 137 Å². The number of halogens is 1. The van der Waals surface area contributed by atoms with E-state index in [1.54, 1.807) is 17.9 Å². The quantitative estimate of drug-likeness (QED) is 0.901. The lowest BCUT2D eigenvalue weighted by Crippen LogP contribution is -2.32. The normalized spacial score (nSPS) is 11.3. The third-order valence-corrected chi connectivity index (χ3v) is 3.18. The van der Waals surface area contributed by atoms with Crippen molar-refractivity contribution in [3.05, 3.63) is 28.5 Å². The number of rotatable bonds is 3. The first-order valence-electron chi connectivity index (χ1n) is 6.73. The molecule has 0 aliphatic carbocycles. The molecular weight excluding hydrogens is 350 g/mol. The van der Waals surface area contributed by atoms with E-state index in [0.29, 0.717) is 11.4 Å². The Morgan fingerprint density at radius 2 is 2.14 bits per heavy atom. The SMILES string of the molecule is Cn1nnc(-c2ccc(Br)cn2)c1CNC(=O)OC(C)(C)C. The molecule has 0 atom stereocenters. The minimum Gasteiger partial charge on any atom is -0.444 e. The summed E-state index contributed by atoms with van der Waals surface area (Å²) >= 11 is 3.34. The molecule has 0 saturated carbocycles. The number of alkyl carbamates (subject to hydrolysis) is 1. The Kier molecular flexibility index (Phi) is 4.80. The predicted molar refractivity (Wildman–Crippen MR) is 85.0 cm³/mol. The summed E-state index contributed by atoms with van der Waals surface area (Å²) in [6, 6.07) is 3.72. The van der Waals surface area contributed by atoms with Gasteiger partial charge in [-0.15, -0.1) is 5.10 Å². The maximum Gasteiger partial charge on any atom is 0.407 e. The molecule has 8 heteroatoms. The second kappa shape index (κ2) is 6.43. The lowest BCUT2D eigenvalue weighted by molar-refractivity contribution is 0.0522. The molecule has 2 heterocycles. The van der Waals surface area contributed by atoms with Crippen LogP contribution in [0, 0.1) is 0 Å². The molecular formula is C14H18BrN5O2. The highest BCUT2D eigenvalue weighted by molar-refractivity contribution is 9.10. The van der Waals surface area contributed by atoms with Crippen molar-refractivity contribution in [3.8, 4) is 11.4 Å². The number of ether oxygens (including phenoxy) is 1. The smallest absolute Gasteiger partial charge is 0.407 e. The second-order valence-corrected chi connectivity index (χ2v) is 6.64. The van der Waals surface area contributed by atoms with Crippen molar-refractivity contribution < 1.29 is 9.53 Å². The fourth-order valence-corrected chi connectivity index (χ4v) is 1.99. The molecule has 0 bridgehead atoms.